The summed E-state index contributed by atoms with van der Waals surface area (Å²) in [7, 11) is 3.24. The van der Waals surface area contributed by atoms with Gasteiger partial charge in [-0.25, -0.2) is 14.3 Å². The molecular weight excluding hydrogens is 358 g/mol. The molecule has 0 saturated heterocycles. The summed E-state index contributed by atoms with van der Waals surface area (Å²) in [6.45, 7) is 4.09. The maximum absolute atomic E-state index is 13.1. The zero-order valence-corrected chi connectivity index (χ0v) is 16.6. The lowest BCUT2D eigenvalue weighted by molar-refractivity contribution is -0.134. The van der Waals surface area contributed by atoms with E-state index in [2.05, 4.69) is 4.98 Å². The highest BCUT2D eigenvalue weighted by molar-refractivity contribution is 5.77. The van der Waals surface area contributed by atoms with Crippen LogP contribution in [0.3, 0.4) is 0 Å². The van der Waals surface area contributed by atoms with Gasteiger partial charge in [0.1, 0.15) is 6.54 Å². The average Bonchev–Trinajstić information content (AvgIpc) is 3.09. The normalized spacial score (nSPS) is 12.3. The summed E-state index contributed by atoms with van der Waals surface area (Å²) in [4.78, 5) is 44.4. The number of carbonyl (C=O) groups is 1. The van der Waals surface area contributed by atoms with E-state index in [9.17, 15) is 14.4 Å². The van der Waals surface area contributed by atoms with Crippen LogP contribution in [-0.4, -0.2) is 35.5 Å². The zero-order chi connectivity index (χ0) is 20.4. The summed E-state index contributed by atoms with van der Waals surface area (Å²) in [6, 6.07) is 9.65. The largest absolute Gasteiger partial charge is 0.334 e. The number of aryl methyl sites for hydroxylation is 2. The average molecular weight is 383 g/mol. The van der Waals surface area contributed by atoms with Crippen molar-refractivity contribution in [1.29, 1.82) is 0 Å². The second-order valence-corrected chi connectivity index (χ2v) is 7.03. The van der Waals surface area contributed by atoms with Crippen LogP contribution in [0.5, 0.6) is 0 Å². The molecule has 0 N–H and O–H groups in total. The molecule has 8 heteroatoms. The van der Waals surface area contributed by atoms with Crippen molar-refractivity contribution in [3.05, 3.63) is 63.1 Å². The molecule has 0 radical (unpaired) electrons. The van der Waals surface area contributed by atoms with E-state index in [0.717, 1.165) is 16.6 Å². The molecule has 0 aliphatic heterocycles. The van der Waals surface area contributed by atoms with Crippen LogP contribution in [-0.2, 0) is 32.0 Å². The van der Waals surface area contributed by atoms with Crippen molar-refractivity contribution in [3.8, 4) is 0 Å². The van der Waals surface area contributed by atoms with Crippen molar-refractivity contribution in [3.63, 3.8) is 0 Å². The number of rotatable bonds is 6. The molecule has 1 amide bonds. The minimum atomic E-state index is -0.548. The number of imidazole rings is 1. The van der Waals surface area contributed by atoms with Gasteiger partial charge in [0, 0.05) is 26.7 Å². The number of amides is 1. The first-order valence-corrected chi connectivity index (χ1v) is 9.29. The first-order valence-electron chi connectivity index (χ1n) is 9.29. The van der Waals surface area contributed by atoms with Gasteiger partial charge in [-0.05, 0) is 18.9 Å². The van der Waals surface area contributed by atoms with Crippen LogP contribution in [0.4, 0.5) is 0 Å². The standard InChI is InChI=1S/C20H25N5O3/c1-5-14(2)24(11-15-9-7-6-8-10-15)16(26)12-25-19(27)17-18(21-13-22(17)3)23(4)20(25)28/h6-10,13-14H,5,11-12H2,1-4H3. The molecule has 8 nitrogen and oxygen atoms in total. The Labute approximate surface area is 162 Å². The van der Waals surface area contributed by atoms with Crippen molar-refractivity contribution in [2.24, 2.45) is 14.1 Å². The molecule has 0 fully saturated rings. The monoisotopic (exact) mass is 383 g/mol. The maximum Gasteiger partial charge on any atom is 0.332 e. The van der Waals surface area contributed by atoms with Crippen LogP contribution < -0.4 is 11.2 Å². The van der Waals surface area contributed by atoms with Gasteiger partial charge in [-0.1, -0.05) is 37.3 Å². The first-order chi connectivity index (χ1) is 13.3. The minimum absolute atomic E-state index is 0.0207. The van der Waals surface area contributed by atoms with Crippen molar-refractivity contribution < 1.29 is 4.79 Å². The lowest BCUT2D eigenvalue weighted by Gasteiger charge is -2.29. The number of aromatic nitrogens is 4. The molecule has 1 atom stereocenters. The molecule has 0 saturated carbocycles. The fraction of sp³-hybridized carbons (Fsp3) is 0.400. The topological polar surface area (TPSA) is 82.1 Å². The van der Waals surface area contributed by atoms with Crippen molar-refractivity contribution in [2.45, 2.75) is 39.4 Å². The molecule has 1 aromatic carbocycles. The van der Waals surface area contributed by atoms with Gasteiger partial charge < -0.3 is 9.47 Å². The predicted molar refractivity (Wildman–Crippen MR) is 107 cm³/mol. The highest BCUT2D eigenvalue weighted by Crippen LogP contribution is 2.12. The Morgan fingerprint density at radius 3 is 2.50 bits per heavy atom. The van der Waals surface area contributed by atoms with Gasteiger partial charge >= 0.3 is 5.69 Å². The van der Waals surface area contributed by atoms with Gasteiger partial charge in [-0.2, -0.15) is 0 Å². The van der Waals surface area contributed by atoms with Crippen LogP contribution in [0.15, 0.2) is 46.2 Å². The minimum Gasteiger partial charge on any atom is -0.334 e. The number of nitrogens with zero attached hydrogens (tertiary/aromatic N) is 5. The van der Waals surface area contributed by atoms with Crippen LogP contribution in [0.1, 0.15) is 25.8 Å². The molecule has 3 aromatic rings. The van der Waals surface area contributed by atoms with E-state index in [0.29, 0.717) is 17.7 Å². The molecule has 0 aliphatic carbocycles. The van der Waals surface area contributed by atoms with Crippen molar-refractivity contribution in [1.82, 2.24) is 23.6 Å². The molecule has 0 bridgehead atoms. The third kappa shape index (κ3) is 3.49. The second kappa shape index (κ2) is 7.84. The highest BCUT2D eigenvalue weighted by atomic mass is 16.2. The lowest BCUT2D eigenvalue weighted by atomic mass is 10.1. The van der Waals surface area contributed by atoms with Gasteiger partial charge in [0.2, 0.25) is 5.91 Å². The van der Waals surface area contributed by atoms with Crippen molar-refractivity contribution in [2.75, 3.05) is 0 Å². The quantitative estimate of drug-likeness (QED) is 0.642. The van der Waals surface area contributed by atoms with Crippen LogP contribution in [0.25, 0.3) is 11.2 Å². The maximum atomic E-state index is 13.1. The summed E-state index contributed by atoms with van der Waals surface area (Å²) in [5.74, 6) is -0.265. The second-order valence-electron chi connectivity index (χ2n) is 7.03. The van der Waals surface area contributed by atoms with E-state index in [1.165, 1.54) is 10.9 Å². The number of fused-ring (bicyclic) bond motifs is 1. The van der Waals surface area contributed by atoms with Crippen molar-refractivity contribution >= 4 is 17.1 Å². The van der Waals surface area contributed by atoms with E-state index >= 15 is 0 Å². The molecule has 148 valence electrons. The van der Waals surface area contributed by atoms with E-state index in [4.69, 9.17) is 0 Å². The fourth-order valence-electron chi connectivity index (χ4n) is 3.25. The van der Waals surface area contributed by atoms with E-state index in [-0.39, 0.29) is 18.5 Å². The molecule has 0 aliphatic rings. The summed E-state index contributed by atoms with van der Waals surface area (Å²) < 4.78 is 3.86. The summed E-state index contributed by atoms with van der Waals surface area (Å²) in [5, 5.41) is 0. The van der Waals surface area contributed by atoms with E-state index in [1.54, 1.807) is 23.6 Å². The van der Waals surface area contributed by atoms with E-state index < -0.39 is 11.2 Å². The number of hydrogen-bond donors (Lipinski definition) is 0. The van der Waals surface area contributed by atoms with E-state index in [1.807, 2.05) is 44.2 Å². The van der Waals surface area contributed by atoms with Gasteiger partial charge in [0.15, 0.2) is 11.2 Å². The Bertz CT molecular complexity index is 1110. The third-order valence-electron chi connectivity index (χ3n) is 5.13. The third-order valence-corrected chi connectivity index (χ3v) is 5.13. The fourth-order valence-corrected chi connectivity index (χ4v) is 3.25. The molecule has 28 heavy (non-hydrogen) atoms. The smallest absolute Gasteiger partial charge is 0.332 e. The SMILES string of the molecule is CCC(C)N(Cc1ccccc1)C(=O)Cn1c(=O)c2c(ncn2C)n(C)c1=O. The van der Waals surface area contributed by atoms with Crippen LogP contribution >= 0.6 is 0 Å². The molecular formula is C20H25N5O3. The Balaban J connectivity index is 1.99. The zero-order valence-electron chi connectivity index (χ0n) is 16.6. The first kappa shape index (κ1) is 19.6. The molecule has 2 heterocycles. The van der Waals surface area contributed by atoms with Gasteiger partial charge in [-0.15, -0.1) is 0 Å². The number of benzene rings is 1. The van der Waals surface area contributed by atoms with Gasteiger partial charge in [0.05, 0.1) is 6.33 Å². The molecule has 1 unspecified atom stereocenters. The Kier molecular flexibility index (Phi) is 5.48. The molecule has 0 spiro atoms. The predicted octanol–water partition coefficient (Wildman–Crippen LogP) is 1.26. The Hall–Kier alpha value is -3.16. The molecule has 3 rings (SSSR count). The van der Waals surface area contributed by atoms with Gasteiger partial charge in [0.25, 0.3) is 5.56 Å². The highest BCUT2D eigenvalue weighted by Gasteiger charge is 2.23. The summed E-state index contributed by atoms with van der Waals surface area (Å²) in [6.07, 6.45) is 2.25. The number of hydrogen-bond acceptors (Lipinski definition) is 4. The van der Waals surface area contributed by atoms with Crippen LogP contribution in [0, 0.1) is 0 Å². The van der Waals surface area contributed by atoms with Gasteiger partial charge in [-0.3, -0.25) is 14.2 Å². The summed E-state index contributed by atoms with van der Waals surface area (Å²) >= 11 is 0. The number of carbonyl (C=O) groups excluding carboxylic acids is 1. The Morgan fingerprint density at radius 1 is 1.18 bits per heavy atom. The summed E-state index contributed by atoms with van der Waals surface area (Å²) in [5.41, 5.74) is 0.555. The van der Waals surface area contributed by atoms with Crippen LogP contribution in [0.2, 0.25) is 0 Å². The Morgan fingerprint density at radius 2 is 1.86 bits per heavy atom. The lowest BCUT2D eigenvalue weighted by Crippen LogP contribution is -2.46. The molecule has 2 aromatic heterocycles.